The molecule has 5 heteroatoms. The first-order valence-corrected chi connectivity index (χ1v) is 21.0. The van der Waals surface area contributed by atoms with Crippen LogP contribution >= 0.6 is 0 Å². The molecule has 1 aliphatic rings. The predicted octanol–water partition coefficient (Wildman–Crippen LogP) is 13.9. The zero-order valence-electron chi connectivity index (χ0n) is 33.6. The van der Waals surface area contributed by atoms with Gasteiger partial charge in [-0.3, -0.25) is 4.57 Å². The summed E-state index contributed by atoms with van der Waals surface area (Å²) in [7, 11) is 0. The van der Waals surface area contributed by atoms with Gasteiger partial charge in [-0.15, -0.1) is 0 Å². The van der Waals surface area contributed by atoms with E-state index in [0.717, 1.165) is 78.5 Å². The summed E-state index contributed by atoms with van der Waals surface area (Å²) in [6.07, 6.45) is 0. The Balaban J connectivity index is 1.02. The van der Waals surface area contributed by atoms with Gasteiger partial charge in [-0.05, 0) is 63.7 Å². The van der Waals surface area contributed by atoms with E-state index in [2.05, 4.69) is 174 Å². The van der Waals surface area contributed by atoms with Crippen LogP contribution in [0.4, 0.5) is 0 Å². The Morgan fingerprint density at radius 3 is 1.53 bits per heavy atom. The van der Waals surface area contributed by atoms with Gasteiger partial charge in [0.15, 0.2) is 11.6 Å². The van der Waals surface area contributed by atoms with E-state index >= 15 is 0 Å². The lowest BCUT2D eigenvalue weighted by molar-refractivity contribution is 0.933. The fourth-order valence-corrected chi connectivity index (χ4v) is 9.22. The van der Waals surface area contributed by atoms with Gasteiger partial charge in [0.25, 0.3) is 0 Å². The average Bonchev–Trinajstić information content (AvgIpc) is 3.87. The topological polar surface area (TPSA) is 56.5 Å². The molecule has 8 aromatic carbocycles. The standard InChI is InChI=1S/C57H37N5/c1-5-17-37(18-6-1)49-35-51(60-56(58-49)39-21-9-3-10-22-39)55-46-27-14-13-25-43(46)44-31-29-41(34-48(44)55)42-30-32-53-47(33-42)45-26-15-16-28-52(45)62(53)54-36-50(38-19-7-2-8-20-38)59-57(61-54)40-23-11-4-12-24-40/h1-36,55H. The molecule has 5 nitrogen and oxygen atoms in total. The molecule has 3 heterocycles. The minimum Gasteiger partial charge on any atom is -0.294 e. The van der Waals surface area contributed by atoms with Gasteiger partial charge in [-0.1, -0.05) is 182 Å². The Bertz CT molecular complexity index is 3340. The van der Waals surface area contributed by atoms with Crippen LogP contribution in [-0.4, -0.2) is 24.5 Å². The Morgan fingerprint density at radius 2 is 0.839 bits per heavy atom. The molecule has 0 spiro atoms. The second-order valence-electron chi connectivity index (χ2n) is 15.8. The van der Waals surface area contributed by atoms with E-state index < -0.39 is 0 Å². The van der Waals surface area contributed by atoms with Crippen molar-refractivity contribution < 1.29 is 0 Å². The largest absolute Gasteiger partial charge is 0.294 e. The first-order chi connectivity index (χ1) is 30.7. The summed E-state index contributed by atoms with van der Waals surface area (Å²) in [6, 6.07) is 76.8. The van der Waals surface area contributed by atoms with Crippen LogP contribution in [-0.2, 0) is 0 Å². The molecule has 12 rings (SSSR count). The summed E-state index contributed by atoms with van der Waals surface area (Å²) in [5.41, 5.74) is 16.3. The number of para-hydroxylation sites is 1. The first kappa shape index (κ1) is 35.6. The maximum absolute atomic E-state index is 5.34. The molecule has 0 radical (unpaired) electrons. The van der Waals surface area contributed by atoms with Gasteiger partial charge >= 0.3 is 0 Å². The molecular weight excluding hydrogens is 755 g/mol. The monoisotopic (exact) mass is 791 g/mol. The van der Waals surface area contributed by atoms with Crippen LogP contribution < -0.4 is 0 Å². The van der Waals surface area contributed by atoms with E-state index in [4.69, 9.17) is 19.9 Å². The summed E-state index contributed by atoms with van der Waals surface area (Å²) in [5.74, 6) is 2.16. The molecule has 0 bridgehead atoms. The van der Waals surface area contributed by atoms with E-state index in [-0.39, 0.29) is 5.92 Å². The molecule has 3 aromatic heterocycles. The van der Waals surface area contributed by atoms with Gasteiger partial charge in [0.2, 0.25) is 0 Å². The Labute approximate surface area is 359 Å². The number of rotatable bonds is 7. The van der Waals surface area contributed by atoms with Gasteiger partial charge in [0, 0.05) is 39.1 Å². The molecule has 1 atom stereocenters. The molecule has 11 aromatic rings. The van der Waals surface area contributed by atoms with Crippen molar-refractivity contribution in [2.24, 2.45) is 0 Å². The summed E-state index contributed by atoms with van der Waals surface area (Å²) in [4.78, 5) is 20.8. The second kappa shape index (κ2) is 14.8. The van der Waals surface area contributed by atoms with Gasteiger partial charge in [-0.2, -0.15) is 0 Å². The maximum Gasteiger partial charge on any atom is 0.162 e. The fourth-order valence-electron chi connectivity index (χ4n) is 9.22. The van der Waals surface area contributed by atoms with Crippen LogP contribution in [0.2, 0.25) is 0 Å². The summed E-state index contributed by atoms with van der Waals surface area (Å²) < 4.78 is 2.29. The van der Waals surface area contributed by atoms with Gasteiger partial charge in [0.05, 0.1) is 34.0 Å². The highest BCUT2D eigenvalue weighted by Gasteiger charge is 2.32. The summed E-state index contributed by atoms with van der Waals surface area (Å²) in [6.45, 7) is 0. The molecule has 0 N–H and O–H groups in total. The second-order valence-corrected chi connectivity index (χ2v) is 15.8. The Hall–Kier alpha value is -8.28. The maximum atomic E-state index is 5.34. The highest BCUT2D eigenvalue weighted by atomic mass is 15.1. The number of aromatic nitrogens is 5. The van der Waals surface area contributed by atoms with Crippen molar-refractivity contribution in [1.82, 2.24) is 24.5 Å². The van der Waals surface area contributed by atoms with E-state index in [1.165, 1.54) is 27.6 Å². The zero-order valence-corrected chi connectivity index (χ0v) is 33.6. The van der Waals surface area contributed by atoms with Crippen LogP contribution in [0.15, 0.2) is 218 Å². The van der Waals surface area contributed by atoms with E-state index in [0.29, 0.717) is 5.82 Å². The lowest BCUT2D eigenvalue weighted by atomic mass is 9.90. The van der Waals surface area contributed by atoms with Gasteiger partial charge in [-0.25, -0.2) is 19.9 Å². The Morgan fingerprint density at radius 1 is 0.323 bits per heavy atom. The SMILES string of the molecule is c1ccc(-c2cc(C3c4ccccc4-c4ccc(-c5ccc6c(c5)c5ccccc5n6-c5cc(-c6ccccc6)nc(-c6ccccc6)n5)cc43)nc(-c3ccccc3)n2)cc1. The van der Waals surface area contributed by atoms with Crippen LogP contribution in [0.3, 0.4) is 0 Å². The molecule has 290 valence electrons. The molecule has 1 unspecified atom stereocenters. The highest BCUT2D eigenvalue weighted by molar-refractivity contribution is 6.10. The number of fused-ring (bicyclic) bond motifs is 6. The minimum absolute atomic E-state index is 0.0740. The molecule has 0 aliphatic heterocycles. The Kier molecular flexibility index (Phi) is 8.49. The lowest BCUT2D eigenvalue weighted by Crippen LogP contribution is -2.06. The highest BCUT2D eigenvalue weighted by Crippen LogP contribution is 2.49. The first-order valence-electron chi connectivity index (χ1n) is 21.0. The number of benzene rings is 8. The third-order valence-electron chi connectivity index (χ3n) is 12.1. The zero-order chi connectivity index (χ0) is 41.0. The predicted molar refractivity (Wildman–Crippen MR) is 252 cm³/mol. The van der Waals surface area contributed by atoms with Crippen LogP contribution in [0, 0.1) is 0 Å². The van der Waals surface area contributed by atoms with Crippen molar-refractivity contribution >= 4 is 21.8 Å². The van der Waals surface area contributed by atoms with Crippen molar-refractivity contribution in [2.75, 3.05) is 0 Å². The van der Waals surface area contributed by atoms with Crippen molar-refractivity contribution in [3.63, 3.8) is 0 Å². The van der Waals surface area contributed by atoms with Gasteiger partial charge in [0.1, 0.15) is 5.82 Å². The smallest absolute Gasteiger partial charge is 0.162 e. The van der Waals surface area contributed by atoms with Crippen molar-refractivity contribution in [1.29, 1.82) is 0 Å². The molecule has 62 heavy (non-hydrogen) atoms. The molecule has 0 amide bonds. The summed E-state index contributed by atoms with van der Waals surface area (Å²) >= 11 is 0. The van der Waals surface area contributed by atoms with Crippen molar-refractivity contribution in [3.05, 3.63) is 235 Å². The number of hydrogen-bond acceptors (Lipinski definition) is 4. The third-order valence-corrected chi connectivity index (χ3v) is 12.1. The molecule has 0 saturated heterocycles. The third kappa shape index (κ3) is 6.10. The normalized spacial score (nSPS) is 13.0. The van der Waals surface area contributed by atoms with E-state index in [1.54, 1.807) is 0 Å². The van der Waals surface area contributed by atoms with Crippen LogP contribution in [0.25, 0.3) is 95.2 Å². The molecular formula is C57H37N5. The van der Waals surface area contributed by atoms with Crippen molar-refractivity contribution in [3.8, 4) is 73.4 Å². The minimum atomic E-state index is -0.0740. The average molecular weight is 792 g/mol. The van der Waals surface area contributed by atoms with E-state index in [9.17, 15) is 0 Å². The molecule has 1 aliphatic carbocycles. The number of hydrogen-bond donors (Lipinski definition) is 0. The van der Waals surface area contributed by atoms with Crippen LogP contribution in [0.1, 0.15) is 22.7 Å². The van der Waals surface area contributed by atoms with E-state index in [1.807, 2.05) is 48.5 Å². The van der Waals surface area contributed by atoms with Crippen LogP contribution in [0.5, 0.6) is 0 Å². The van der Waals surface area contributed by atoms with Gasteiger partial charge < -0.3 is 0 Å². The summed E-state index contributed by atoms with van der Waals surface area (Å²) in [5, 5.41) is 2.33. The molecule has 0 fully saturated rings. The quantitative estimate of drug-likeness (QED) is 0.161. The molecule has 0 saturated carbocycles. The van der Waals surface area contributed by atoms with Crippen molar-refractivity contribution in [2.45, 2.75) is 5.92 Å². The fraction of sp³-hybridized carbons (Fsp3) is 0.0175. The number of nitrogens with zero attached hydrogens (tertiary/aromatic N) is 5. The lowest BCUT2D eigenvalue weighted by Gasteiger charge is -2.17.